The maximum atomic E-state index is 6.47. The highest BCUT2D eigenvalue weighted by Crippen LogP contribution is 2.42. The Kier molecular flexibility index (Phi) is 8.18. The highest BCUT2D eigenvalue weighted by atomic mass is 28.4. The van der Waals surface area contributed by atoms with Gasteiger partial charge in [-0.1, -0.05) is 19.3 Å². The molecule has 164 valence electrons. The fourth-order valence-electron chi connectivity index (χ4n) is 4.24. The van der Waals surface area contributed by atoms with E-state index in [2.05, 4.69) is 6.55 Å². The first-order valence-electron chi connectivity index (χ1n) is 11.0. The van der Waals surface area contributed by atoms with Crippen LogP contribution >= 0.6 is 0 Å². The minimum Gasteiger partial charge on any atom is -0.520 e. The average Bonchev–Trinajstić information content (AvgIpc) is 2.73. The molecule has 2 aliphatic rings. The molecule has 29 heavy (non-hydrogen) atoms. The van der Waals surface area contributed by atoms with Gasteiger partial charge in [0.25, 0.3) is 0 Å². The lowest BCUT2D eigenvalue weighted by Crippen LogP contribution is -2.51. The van der Waals surface area contributed by atoms with Gasteiger partial charge < -0.3 is 26.9 Å². The zero-order chi connectivity index (χ0) is 20.7. The maximum absolute atomic E-state index is 6.47. The van der Waals surface area contributed by atoms with Crippen molar-refractivity contribution < 1.29 is 26.9 Å². The molecule has 0 spiro atoms. The number of fused-ring (bicyclic) bond motifs is 1. The second kappa shape index (κ2) is 10.4. The number of hydrogen-bond donors (Lipinski definition) is 0. The molecular formula is C21H36O6Si2. The number of rotatable bonds is 10. The highest BCUT2D eigenvalue weighted by Gasteiger charge is 2.46. The van der Waals surface area contributed by atoms with Crippen molar-refractivity contribution in [2.45, 2.75) is 71.6 Å². The molecule has 0 amide bonds. The van der Waals surface area contributed by atoms with Gasteiger partial charge >= 0.3 is 17.4 Å². The Bertz CT molecular complexity index is 635. The third-order valence-electron chi connectivity index (χ3n) is 5.71. The van der Waals surface area contributed by atoms with Crippen molar-refractivity contribution in [2.75, 3.05) is 26.1 Å². The van der Waals surface area contributed by atoms with Gasteiger partial charge in [-0.2, -0.15) is 0 Å². The summed E-state index contributed by atoms with van der Waals surface area (Å²) in [6.45, 7) is 10.3. The molecule has 0 N–H and O–H groups in total. The lowest BCUT2D eigenvalue weighted by molar-refractivity contribution is 0.0541. The van der Waals surface area contributed by atoms with Crippen LogP contribution < -0.4 is 9.16 Å². The van der Waals surface area contributed by atoms with Crippen LogP contribution in [0.3, 0.4) is 0 Å². The maximum Gasteiger partial charge on any atom is 0.540 e. The molecule has 1 unspecified atom stereocenters. The molecule has 1 aromatic rings. The van der Waals surface area contributed by atoms with E-state index in [0.29, 0.717) is 32.0 Å². The summed E-state index contributed by atoms with van der Waals surface area (Å²) in [6.07, 6.45) is 6.69. The third-order valence-corrected chi connectivity index (χ3v) is 11.8. The zero-order valence-corrected chi connectivity index (χ0v) is 20.3. The van der Waals surface area contributed by atoms with Gasteiger partial charge in [-0.3, -0.25) is 0 Å². The van der Waals surface area contributed by atoms with Crippen LogP contribution in [0, 0.1) is 0 Å². The van der Waals surface area contributed by atoms with Gasteiger partial charge in [0.2, 0.25) is 0 Å². The quantitative estimate of drug-likeness (QED) is 0.479. The summed E-state index contributed by atoms with van der Waals surface area (Å²) in [5.41, 5.74) is 1.63. The molecule has 0 radical (unpaired) electrons. The summed E-state index contributed by atoms with van der Waals surface area (Å²) in [5.74, 6) is 1.71. The van der Waals surface area contributed by atoms with Crippen LogP contribution in [0.1, 0.15) is 58.4 Å². The second-order valence-electron chi connectivity index (χ2n) is 7.78. The molecule has 1 aliphatic carbocycles. The van der Waals surface area contributed by atoms with Crippen LogP contribution in [0.2, 0.25) is 12.1 Å². The summed E-state index contributed by atoms with van der Waals surface area (Å²) in [5, 5.41) is 0. The van der Waals surface area contributed by atoms with Crippen LogP contribution in [0.25, 0.3) is 0 Å². The fourth-order valence-corrected chi connectivity index (χ4v) is 9.40. The van der Waals surface area contributed by atoms with Gasteiger partial charge in [0.05, 0.1) is 6.61 Å². The first kappa shape index (κ1) is 22.8. The van der Waals surface area contributed by atoms with Crippen molar-refractivity contribution >= 4 is 17.4 Å². The van der Waals surface area contributed by atoms with E-state index in [4.69, 9.17) is 26.9 Å². The number of hydrogen-bond acceptors (Lipinski definition) is 6. The van der Waals surface area contributed by atoms with Crippen molar-refractivity contribution in [3.8, 4) is 11.5 Å². The molecule has 1 aliphatic heterocycles. The van der Waals surface area contributed by atoms with E-state index in [9.17, 15) is 0 Å². The molecule has 0 saturated heterocycles. The topological polar surface area (TPSA) is 55.4 Å². The van der Waals surface area contributed by atoms with Crippen LogP contribution in [0.4, 0.5) is 0 Å². The molecule has 0 bridgehead atoms. The minimum atomic E-state index is -2.84. The van der Waals surface area contributed by atoms with Crippen LogP contribution in [0.5, 0.6) is 11.5 Å². The first-order chi connectivity index (χ1) is 14.0. The van der Waals surface area contributed by atoms with Gasteiger partial charge in [0.15, 0.2) is 6.23 Å². The number of ether oxygens (including phenoxy) is 1. The van der Waals surface area contributed by atoms with Gasteiger partial charge in [-0.25, -0.2) is 0 Å². The van der Waals surface area contributed by atoms with Gasteiger partial charge in [0, 0.05) is 30.9 Å². The Hall–Kier alpha value is -0.906. The molecule has 1 atom stereocenters. The molecule has 6 nitrogen and oxygen atoms in total. The third kappa shape index (κ3) is 5.62. The summed E-state index contributed by atoms with van der Waals surface area (Å²) in [4.78, 5) is 0. The van der Waals surface area contributed by atoms with E-state index >= 15 is 0 Å². The predicted octanol–water partition coefficient (Wildman–Crippen LogP) is 4.97. The lowest BCUT2D eigenvalue weighted by Gasteiger charge is -2.40. The average molecular weight is 441 g/mol. The van der Waals surface area contributed by atoms with Crippen LogP contribution in [-0.2, 0) is 24.3 Å². The number of benzene rings is 1. The van der Waals surface area contributed by atoms with Crippen molar-refractivity contribution in [2.24, 2.45) is 0 Å². The standard InChI is InChI=1S/C21H36O6Si2/c1-5-23-29(24-6-2,25-7-3)17-22-19-13-14-21-18(15-19)16-26-28(4,27-21)20-11-9-8-10-12-20/h13-15,20H,5-12,16-17H2,1-4H3. The molecule has 1 heterocycles. The van der Waals surface area contributed by atoms with Gasteiger partial charge in [0.1, 0.15) is 11.5 Å². The Labute approximate surface area is 177 Å². The Balaban J connectivity index is 1.66. The SMILES string of the molecule is CCO[Si](COc1ccc2c(c1)CO[Si](C)(C1CCCCC1)O2)(OCC)OCC. The van der Waals surface area contributed by atoms with Crippen molar-refractivity contribution in [1.82, 2.24) is 0 Å². The van der Waals surface area contributed by atoms with E-state index in [1.807, 2.05) is 39.0 Å². The predicted molar refractivity (Wildman–Crippen MR) is 116 cm³/mol. The zero-order valence-electron chi connectivity index (χ0n) is 18.3. The summed E-state index contributed by atoms with van der Waals surface area (Å²) >= 11 is 0. The van der Waals surface area contributed by atoms with E-state index in [0.717, 1.165) is 17.1 Å². The monoisotopic (exact) mass is 440 g/mol. The van der Waals surface area contributed by atoms with Crippen molar-refractivity contribution in [3.05, 3.63) is 23.8 Å². The Morgan fingerprint density at radius 1 is 1.00 bits per heavy atom. The molecule has 3 rings (SSSR count). The van der Waals surface area contributed by atoms with Crippen molar-refractivity contribution in [3.63, 3.8) is 0 Å². The Morgan fingerprint density at radius 3 is 2.28 bits per heavy atom. The second-order valence-corrected chi connectivity index (χ2v) is 13.6. The minimum absolute atomic E-state index is 0.289. The largest absolute Gasteiger partial charge is 0.540 e. The van der Waals surface area contributed by atoms with Crippen molar-refractivity contribution in [1.29, 1.82) is 0 Å². The lowest BCUT2D eigenvalue weighted by atomic mass is 10.0. The first-order valence-corrected chi connectivity index (χ1v) is 15.4. The van der Waals surface area contributed by atoms with E-state index in [-0.39, 0.29) is 6.23 Å². The van der Waals surface area contributed by atoms with Gasteiger partial charge in [-0.05, 0) is 58.4 Å². The van der Waals surface area contributed by atoms with Gasteiger partial charge in [-0.15, -0.1) is 0 Å². The molecule has 1 saturated carbocycles. The molecular weight excluding hydrogens is 404 g/mol. The smallest absolute Gasteiger partial charge is 0.520 e. The molecule has 0 aromatic heterocycles. The molecule has 1 fully saturated rings. The van der Waals surface area contributed by atoms with Crippen LogP contribution in [-0.4, -0.2) is 43.4 Å². The van der Waals surface area contributed by atoms with E-state index < -0.39 is 17.4 Å². The molecule has 8 heteroatoms. The highest BCUT2D eigenvalue weighted by molar-refractivity contribution is 6.68. The summed E-state index contributed by atoms with van der Waals surface area (Å²) < 4.78 is 36.5. The van der Waals surface area contributed by atoms with E-state index in [1.54, 1.807) is 0 Å². The van der Waals surface area contributed by atoms with E-state index in [1.165, 1.54) is 32.1 Å². The normalized spacial score (nSPS) is 22.8. The Morgan fingerprint density at radius 2 is 1.66 bits per heavy atom. The molecule has 1 aromatic carbocycles. The summed E-state index contributed by atoms with van der Waals surface area (Å²) in [7, 11) is -5.02. The summed E-state index contributed by atoms with van der Waals surface area (Å²) in [6, 6.07) is 5.99. The fraction of sp³-hybridized carbons (Fsp3) is 0.714. The van der Waals surface area contributed by atoms with Crippen LogP contribution in [0.15, 0.2) is 18.2 Å².